The summed E-state index contributed by atoms with van der Waals surface area (Å²) in [7, 11) is 0. The lowest BCUT2D eigenvalue weighted by molar-refractivity contribution is -0.150. The summed E-state index contributed by atoms with van der Waals surface area (Å²) >= 11 is 0. The molecule has 0 aromatic heterocycles. The Morgan fingerprint density at radius 1 is 1.03 bits per heavy atom. The Labute approximate surface area is 185 Å². The topological polar surface area (TPSA) is 73.9 Å². The number of rotatable bonds is 10. The van der Waals surface area contributed by atoms with Crippen molar-refractivity contribution in [2.45, 2.75) is 64.8 Å². The lowest BCUT2D eigenvalue weighted by Crippen LogP contribution is -2.56. The van der Waals surface area contributed by atoms with Crippen LogP contribution in [-0.4, -0.2) is 37.7 Å². The van der Waals surface area contributed by atoms with Crippen molar-refractivity contribution in [1.82, 2.24) is 5.32 Å². The fourth-order valence-corrected chi connectivity index (χ4v) is 6.45. The maximum Gasteiger partial charge on any atom is 0.309 e. The number of nitrogens with one attached hydrogen (secondary N) is 1. The maximum atomic E-state index is 12.4. The molecule has 5 rings (SSSR count). The van der Waals surface area contributed by atoms with E-state index in [0.717, 1.165) is 17.8 Å². The summed E-state index contributed by atoms with van der Waals surface area (Å²) in [5.41, 5.74) is 0.246. The number of benzene rings is 1. The van der Waals surface area contributed by atoms with E-state index in [9.17, 15) is 9.59 Å². The van der Waals surface area contributed by atoms with Gasteiger partial charge in [0.25, 0.3) is 5.91 Å². The summed E-state index contributed by atoms with van der Waals surface area (Å²) in [4.78, 5) is 24.5. The van der Waals surface area contributed by atoms with E-state index in [4.69, 9.17) is 14.2 Å². The van der Waals surface area contributed by atoms with Gasteiger partial charge < -0.3 is 19.5 Å². The monoisotopic (exact) mass is 429 g/mol. The number of carbonyl (C=O) groups excluding carboxylic acids is 2. The van der Waals surface area contributed by atoms with Crippen molar-refractivity contribution < 1.29 is 23.8 Å². The van der Waals surface area contributed by atoms with Crippen LogP contribution in [-0.2, 0) is 14.3 Å². The summed E-state index contributed by atoms with van der Waals surface area (Å²) in [6.45, 7) is 4.53. The van der Waals surface area contributed by atoms with E-state index in [1.807, 2.05) is 25.1 Å². The van der Waals surface area contributed by atoms with Crippen molar-refractivity contribution in [3.8, 4) is 11.5 Å². The molecule has 0 unspecified atom stereocenters. The Bertz CT molecular complexity index is 757. The SMILES string of the molecule is CCOc1ccccc1OCCC(=O)OCC(=O)N[C@H](C)C12CC3CC(CC(C3)C1)C2. The number of hydrogen-bond donors (Lipinski definition) is 1. The van der Waals surface area contributed by atoms with Gasteiger partial charge in [0.15, 0.2) is 18.1 Å². The van der Waals surface area contributed by atoms with Crippen molar-refractivity contribution in [3.05, 3.63) is 24.3 Å². The molecule has 31 heavy (non-hydrogen) atoms. The van der Waals surface area contributed by atoms with E-state index in [1.165, 1.54) is 38.5 Å². The lowest BCUT2D eigenvalue weighted by Gasteiger charge is -2.59. The minimum atomic E-state index is -0.438. The van der Waals surface area contributed by atoms with Crippen LogP contribution in [0.5, 0.6) is 11.5 Å². The molecule has 0 aliphatic heterocycles. The first-order valence-corrected chi connectivity index (χ1v) is 11.8. The van der Waals surface area contributed by atoms with Crippen LogP contribution >= 0.6 is 0 Å². The van der Waals surface area contributed by atoms with Gasteiger partial charge in [-0.3, -0.25) is 9.59 Å². The first kappa shape index (κ1) is 22.0. The number of ether oxygens (including phenoxy) is 3. The van der Waals surface area contributed by atoms with E-state index in [2.05, 4.69) is 12.2 Å². The Morgan fingerprint density at radius 2 is 1.61 bits per heavy atom. The second-order valence-corrected chi connectivity index (χ2v) is 9.71. The van der Waals surface area contributed by atoms with E-state index in [-0.39, 0.29) is 37.0 Å². The summed E-state index contributed by atoms with van der Waals surface area (Å²) in [6.07, 6.45) is 7.94. The van der Waals surface area contributed by atoms with Gasteiger partial charge in [-0.1, -0.05) is 12.1 Å². The lowest BCUT2D eigenvalue weighted by atomic mass is 9.48. The van der Waals surface area contributed by atoms with Crippen LogP contribution in [0.2, 0.25) is 0 Å². The van der Waals surface area contributed by atoms with E-state index < -0.39 is 5.97 Å². The first-order valence-electron chi connectivity index (χ1n) is 11.8. The van der Waals surface area contributed by atoms with Gasteiger partial charge in [-0.25, -0.2) is 0 Å². The van der Waals surface area contributed by atoms with Crippen LogP contribution in [0.15, 0.2) is 24.3 Å². The van der Waals surface area contributed by atoms with Gasteiger partial charge in [0.05, 0.1) is 19.6 Å². The van der Waals surface area contributed by atoms with E-state index in [1.54, 1.807) is 6.07 Å². The second kappa shape index (κ2) is 9.49. The van der Waals surface area contributed by atoms with E-state index >= 15 is 0 Å². The van der Waals surface area contributed by atoms with Crippen molar-refractivity contribution in [3.63, 3.8) is 0 Å². The molecule has 6 nitrogen and oxygen atoms in total. The summed E-state index contributed by atoms with van der Waals surface area (Å²) in [5.74, 6) is 3.13. The van der Waals surface area contributed by atoms with Crippen LogP contribution in [0.4, 0.5) is 0 Å². The molecule has 170 valence electrons. The number of carbonyl (C=O) groups is 2. The third-order valence-electron chi connectivity index (χ3n) is 7.46. The third-order valence-corrected chi connectivity index (χ3v) is 7.46. The zero-order valence-corrected chi connectivity index (χ0v) is 18.7. The molecule has 0 radical (unpaired) electrons. The fourth-order valence-electron chi connectivity index (χ4n) is 6.45. The Kier molecular flexibility index (Phi) is 6.73. The van der Waals surface area contributed by atoms with Gasteiger partial charge in [0.1, 0.15) is 0 Å². The molecule has 4 fully saturated rings. The van der Waals surface area contributed by atoms with Gasteiger partial charge >= 0.3 is 5.97 Å². The molecule has 4 aliphatic rings. The molecular formula is C25H35NO5. The molecule has 1 N–H and O–H groups in total. The Balaban J connectivity index is 1.18. The third kappa shape index (κ3) is 5.16. The maximum absolute atomic E-state index is 12.4. The molecule has 0 saturated heterocycles. The minimum absolute atomic E-state index is 0.0816. The predicted octanol–water partition coefficient (Wildman–Crippen LogP) is 4.12. The summed E-state index contributed by atoms with van der Waals surface area (Å²) in [5, 5.41) is 3.13. The van der Waals surface area contributed by atoms with Gasteiger partial charge in [-0.05, 0) is 87.7 Å². The van der Waals surface area contributed by atoms with Crippen molar-refractivity contribution in [2.75, 3.05) is 19.8 Å². The van der Waals surface area contributed by atoms with Crippen molar-refractivity contribution in [2.24, 2.45) is 23.2 Å². The zero-order chi connectivity index (χ0) is 21.8. The van der Waals surface area contributed by atoms with Crippen LogP contribution in [0.25, 0.3) is 0 Å². The molecule has 6 heteroatoms. The average molecular weight is 430 g/mol. The predicted molar refractivity (Wildman–Crippen MR) is 117 cm³/mol. The molecule has 4 saturated carbocycles. The van der Waals surface area contributed by atoms with Crippen LogP contribution in [0.3, 0.4) is 0 Å². The second-order valence-electron chi connectivity index (χ2n) is 9.71. The van der Waals surface area contributed by atoms with Crippen molar-refractivity contribution >= 4 is 11.9 Å². The average Bonchev–Trinajstić information content (AvgIpc) is 2.73. The highest BCUT2D eigenvalue weighted by atomic mass is 16.5. The van der Waals surface area contributed by atoms with Crippen LogP contribution in [0, 0.1) is 23.2 Å². The number of para-hydroxylation sites is 2. The van der Waals surface area contributed by atoms with Crippen molar-refractivity contribution in [1.29, 1.82) is 0 Å². The highest BCUT2D eigenvalue weighted by Gasteiger charge is 2.53. The zero-order valence-electron chi connectivity index (χ0n) is 18.7. The molecule has 4 aliphatic carbocycles. The van der Waals surface area contributed by atoms with Crippen LogP contribution in [0.1, 0.15) is 58.8 Å². The highest BCUT2D eigenvalue weighted by Crippen LogP contribution is 2.61. The molecule has 1 amide bonds. The van der Waals surface area contributed by atoms with E-state index in [0.29, 0.717) is 18.1 Å². The molecule has 0 spiro atoms. The highest BCUT2D eigenvalue weighted by molar-refractivity contribution is 5.80. The molecule has 4 bridgehead atoms. The minimum Gasteiger partial charge on any atom is -0.490 e. The Morgan fingerprint density at radius 3 is 2.19 bits per heavy atom. The van der Waals surface area contributed by atoms with Gasteiger partial charge in [0, 0.05) is 6.04 Å². The van der Waals surface area contributed by atoms with Crippen LogP contribution < -0.4 is 14.8 Å². The Hall–Kier alpha value is -2.24. The molecular weight excluding hydrogens is 394 g/mol. The summed E-state index contributed by atoms with van der Waals surface area (Å²) < 4.78 is 16.3. The normalized spacial score (nSPS) is 29.3. The first-order chi connectivity index (χ1) is 15.0. The fraction of sp³-hybridized carbons (Fsp3) is 0.680. The smallest absolute Gasteiger partial charge is 0.309 e. The largest absolute Gasteiger partial charge is 0.490 e. The number of amides is 1. The van der Waals surface area contributed by atoms with Gasteiger partial charge in [-0.2, -0.15) is 0 Å². The van der Waals surface area contributed by atoms with Gasteiger partial charge in [-0.15, -0.1) is 0 Å². The number of hydrogen-bond acceptors (Lipinski definition) is 5. The molecule has 1 aromatic carbocycles. The molecule has 0 heterocycles. The summed E-state index contributed by atoms with van der Waals surface area (Å²) in [6, 6.07) is 7.48. The quantitative estimate of drug-likeness (QED) is 0.567. The molecule has 1 atom stereocenters. The van der Waals surface area contributed by atoms with Gasteiger partial charge in [0.2, 0.25) is 0 Å². The standard InChI is InChI=1S/C25H35NO5/c1-3-29-21-6-4-5-7-22(21)30-9-8-24(28)31-16-23(27)26-17(2)25-13-18-10-19(14-25)12-20(11-18)15-25/h4-7,17-20H,3,8-16H2,1-2H3,(H,26,27)/t17-,18?,19?,20?,25?/m1/s1. The molecule has 1 aromatic rings. The number of esters is 1.